The Labute approximate surface area is 129 Å². The summed E-state index contributed by atoms with van der Waals surface area (Å²) in [5, 5.41) is 2.38. The normalized spacial score (nSPS) is 18.4. The van der Waals surface area contributed by atoms with Crippen LogP contribution in [0.4, 0.5) is 5.69 Å². The standard InChI is InChI=1S/C16H18N2S2/c1-18(11-8-9-20-10-11)15-7-6-14(16(17)19)12-4-2-3-5-13(12)15/h2-7,11H,8-10H2,1H3,(H2,17,19). The zero-order valence-corrected chi connectivity index (χ0v) is 13.1. The highest BCUT2D eigenvalue weighted by atomic mass is 32.2. The summed E-state index contributed by atoms with van der Waals surface area (Å²) in [5.41, 5.74) is 8.08. The Balaban J connectivity index is 2.12. The van der Waals surface area contributed by atoms with Crippen LogP contribution < -0.4 is 10.6 Å². The van der Waals surface area contributed by atoms with Gasteiger partial charge in [0.15, 0.2) is 0 Å². The number of nitrogens with zero attached hydrogens (tertiary/aromatic N) is 1. The molecule has 2 aromatic rings. The van der Waals surface area contributed by atoms with Crippen LogP contribution in [0.1, 0.15) is 12.0 Å². The van der Waals surface area contributed by atoms with Crippen LogP contribution in [-0.4, -0.2) is 29.6 Å². The molecule has 0 aromatic heterocycles. The summed E-state index contributed by atoms with van der Waals surface area (Å²) in [5.74, 6) is 2.47. The minimum atomic E-state index is 0.465. The van der Waals surface area contributed by atoms with E-state index < -0.39 is 0 Å². The lowest BCUT2D eigenvalue weighted by Gasteiger charge is -2.28. The molecule has 2 nitrogen and oxygen atoms in total. The molecule has 0 spiro atoms. The summed E-state index contributed by atoms with van der Waals surface area (Å²) in [6.45, 7) is 0. The van der Waals surface area contributed by atoms with Gasteiger partial charge in [0.1, 0.15) is 4.99 Å². The molecule has 1 heterocycles. The zero-order valence-electron chi connectivity index (χ0n) is 11.5. The fraction of sp³-hybridized carbons (Fsp3) is 0.312. The van der Waals surface area contributed by atoms with E-state index in [4.69, 9.17) is 18.0 Å². The number of thiocarbonyl (C=S) groups is 1. The molecule has 1 aliphatic heterocycles. The van der Waals surface area contributed by atoms with Crippen molar-refractivity contribution < 1.29 is 0 Å². The number of anilines is 1. The van der Waals surface area contributed by atoms with E-state index in [2.05, 4.69) is 42.3 Å². The average molecular weight is 302 g/mol. The first kappa shape index (κ1) is 13.7. The van der Waals surface area contributed by atoms with Gasteiger partial charge in [0, 0.05) is 35.5 Å². The Bertz CT molecular complexity index is 648. The van der Waals surface area contributed by atoms with Gasteiger partial charge in [-0.15, -0.1) is 0 Å². The van der Waals surface area contributed by atoms with Crippen LogP contribution in [0, 0.1) is 0 Å². The van der Waals surface area contributed by atoms with Crippen LogP contribution in [0.25, 0.3) is 10.8 Å². The third-order valence-corrected chi connectivity index (χ3v) is 5.36. The quantitative estimate of drug-likeness (QED) is 0.880. The largest absolute Gasteiger partial charge is 0.389 e. The molecule has 2 N–H and O–H groups in total. The predicted octanol–water partition coefficient (Wildman–Crippen LogP) is 3.42. The van der Waals surface area contributed by atoms with Gasteiger partial charge in [0.05, 0.1) is 0 Å². The number of nitrogens with two attached hydrogens (primary N) is 1. The smallest absolute Gasteiger partial charge is 0.104 e. The summed E-state index contributed by atoms with van der Waals surface area (Å²) in [6, 6.07) is 13.2. The van der Waals surface area contributed by atoms with Crippen molar-refractivity contribution in [1.82, 2.24) is 0 Å². The first-order chi connectivity index (χ1) is 9.68. The van der Waals surface area contributed by atoms with Gasteiger partial charge in [0.25, 0.3) is 0 Å². The van der Waals surface area contributed by atoms with Gasteiger partial charge in [-0.2, -0.15) is 11.8 Å². The molecule has 1 fully saturated rings. The third kappa shape index (κ3) is 2.38. The average Bonchev–Trinajstić information content (AvgIpc) is 2.99. The molecule has 1 saturated heterocycles. The molecule has 20 heavy (non-hydrogen) atoms. The van der Waals surface area contributed by atoms with Crippen molar-refractivity contribution in [2.45, 2.75) is 12.5 Å². The van der Waals surface area contributed by atoms with E-state index in [1.165, 1.54) is 29.0 Å². The van der Waals surface area contributed by atoms with Crippen molar-refractivity contribution in [3.63, 3.8) is 0 Å². The molecule has 0 amide bonds. The van der Waals surface area contributed by atoms with Crippen molar-refractivity contribution in [3.05, 3.63) is 42.0 Å². The molecule has 1 unspecified atom stereocenters. The van der Waals surface area contributed by atoms with Crippen LogP contribution in [0.3, 0.4) is 0 Å². The molecule has 0 aliphatic carbocycles. The fourth-order valence-corrected chi connectivity index (χ4v) is 4.28. The second-order valence-electron chi connectivity index (χ2n) is 5.17. The lowest BCUT2D eigenvalue weighted by molar-refractivity contribution is 0.702. The van der Waals surface area contributed by atoms with Gasteiger partial charge >= 0.3 is 0 Å². The van der Waals surface area contributed by atoms with Crippen LogP contribution in [0.15, 0.2) is 36.4 Å². The number of benzene rings is 2. The van der Waals surface area contributed by atoms with E-state index in [0.29, 0.717) is 11.0 Å². The van der Waals surface area contributed by atoms with E-state index in [9.17, 15) is 0 Å². The maximum absolute atomic E-state index is 5.84. The Morgan fingerprint density at radius 1 is 1.25 bits per heavy atom. The van der Waals surface area contributed by atoms with E-state index in [1.807, 2.05) is 17.8 Å². The van der Waals surface area contributed by atoms with Crippen molar-refractivity contribution >= 4 is 45.4 Å². The van der Waals surface area contributed by atoms with Gasteiger partial charge < -0.3 is 10.6 Å². The molecule has 104 valence electrons. The van der Waals surface area contributed by atoms with Gasteiger partial charge in [0.2, 0.25) is 0 Å². The van der Waals surface area contributed by atoms with E-state index in [1.54, 1.807) is 0 Å². The summed E-state index contributed by atoms with van der Waals surface area (Å²) in [6.07, 6.45) is 1.26. The highest BCUT2D eigenvalue weighted by Gasteiger charge is 2.22. The Morgan fingerprint density at radius 2 is 2.00 bits per heavy atom. The predicted molar refractivity (Wildman–Crippen MR) is 94.0 cm³/mol. The third-order valence-electron chi connectivity index (χ3n) is 4.00. The molecular formula is C16H18N2S2. The molecule has 2 aromatic carbocycles. The first-order valence-electron chi connectivity index (χ1n) is 6.80. The van der Waals surface area contributed by atoms with Gasteiger partial charge in [-0.3, -0.25) is 0 Å². The number of thioether (sulfide) groups is 1. The second kappa shape index (κ2) is 5.62. The molecular weight excluding hydrogens is 284 g/mol. The Morgan fingerprint density at radius 3 is 2.65 bits per heavy atom. The first-order valence-corrected chi connectivity index (χ1v) is 8.37. The van der Waals surface area contributed by atoms with E-state index >= 15 is 0 Å². The number of rotatable bonds is 3. The lowest BCUT2D eigenvalue weighted by atomic mass is 10.0. The zero-order chi connectivity index (χ0) is 14.1. The van der Waals surface area contributed by atoms with E-state index in [-0.39, 0.29) is 0 Å². The van der Waals surface area contributed by atoms with Crippen molar-refractivity contribution in [3.8, 4) is 0 Å². The summed E-state index contributed by atoms with van der Waals surface area (Å²) < 4.78 is 0. The highest BCUT2D eigenvalue weighted by Crippen LogP contribution is 2.33. The van der Waals surface area contributed by atoms with Gasteiger partial charge in [-0.1, -0.05) is 36.5 Å². The molecule has 3 rings (SSSR count). The van der Waals surface area contributed by atoms with Crippen molar-refractivity contribution in [2.24, 2.45) is 5.73 Å². The van der Waals surface area contributed by atoms with Crippen LogP contribution >= 0.6 is 24.0 Å². The molecule has 1 aliphatic rings. The number of hydrogen-bond donors (Lipinski definition) is 1. The van der Waals surface area contributed by atoms with Crippen LogP contribution in [-0.2, 0) is 0 Å². The van der Waals surface area contributed by atoms with Crippen molar-refractivity contribution in [2.75, 3.05) is 23.5 Å². The molecule has 0 bridgehead atoms. The lowest BCUT2D eigenvalue weighted by Crippen LogP contribution is -2.31. The molecule has 4 heteroatoms. The summed E-state index contributed by atoms with van der Waals surface area (Å²) >= 11 is 7.20. The van der Waals surface area contributed by atoms with Crippen LogP contribution in [0.5, 0.6) is 0 Å². The Hall–Kier alpha value is -1.26. The SMILES string of the molecule is CN(c1ccc(C(N)=S)c2ccccc12)C1CCSC1. The maximum atomic E-state index is 5.84. The minimum Gasteiger partial charge on any atom is -0.389 e. The topological polar surface area (TPSA) is 29.3 Å². The Kier molecular flexibility index (Phi) is 3.85. The maximum Gasteiger partial charge on any atom is 0.104 e. The monoisotopic (exact) mass is 302 g/mol. The van der Waals surface area contributed by atoms with Gasteiger partial charge in [-0.25, -0.2) is 0 Å². The van der Waals surface area contributed by atoms with Gasteiger partial charge in [-0.05, 0) is 29.7 Å². The summed E-state index contributed by atoms with van der Waals surface area (Å²) in [7, 11) is 2.19. The number of hydrogen-bond acceptors (Lipinski definition) is 3. The molecule has 0 radical (unpaired) electrons. The molecule has 0 saturated carbocycles. The highest BCUT2D eigenvalue weighted by molar-refractivity contribution is 7.99. The second-order valence-corrected chi connectivity index (χ2v) is 6.76. The molecule has 1 atom stereocenters. The fourth-order valence-electron chi connectivity index (χ4n) is 2.83. The summed E-state index contributed by atoms with van der Waals surface area (Å²) in [4.78, 5) is 2.87. The van der Waals surface area contributed by atoms with Crippen molar-refractivity contribution in [1.29, 1.82) is 0 Å². The van der Waals surface area contributed by atoms with Crippen LogP contribution in [0.2, 0.25) is 0 Å². The number of fused-ring (bicyclic) bond motifs is 1. The minimum absolute atomic E-state index is 0.465. The van der Waals surface area contributed by atoms with E-state index in [0.717, 1.165) is 10.9 Å².